The van der Waals surface area contributed by atoms with Gasteiger partial charge in [0.25, 0.3) is 0 Å². The van der Waals surface area contributed by atoms with Crippen LogP contribution in [0.15, 0.2) is 60.7 Å². The molecule has 0 heterocycles. The fraction of sp³-hybridized carbons (Fsp3) is 0.278. The minimum absolute atomic E-state index is 0.0898. The summed E-state index contributed by atoms with van der Waals surface area (Å²) in [6.07, 6.45) is 0.0354. The number of nitrogens with one attached hydrogen (secondary N) is 1. The van der Waals surface area contributed by atoms with Crippen molar-refractivity contribution in [1.29, 1.82) is 0 Å². The van der Waals surface area contributed by atoms with Crippen LogP contribution in [0.25, 0.3) is 0 Å². The van der Waals surface area contributed by atoms with Crippen LogP contribution in [0.5, 0.6) is 0 Å². The molecule has 4 heteroatoms. The van der Waals surface area contributed by atoms with Crippen LogP contribution in [0.1, 0.15) is 20.3 Å². The molecule has 2 aromatic rings. The molecule has 2 N–H and O–H groups in total. The number of ether oxygens (including phenoxy) is 1. The Bertz CT molecular complexity index is 630. The minimum Gasteiger partial charge on any atom is -0.445 e. The third-order valence-electron chi connectivity index (χ3n) is 3.23. The van der Waals surface area contributed by atoms with Crippen LogP contribution in [0.4, 0.5) is 4.79 Å². The van der Waals surface area contributed by atoms with Gasteiger partial charge in [-0.2, -0.15) is 0 Å². The molecule has 0 spiro atoms. The Labute approximate surface area is 133 Å². The lowest BCUT2D eigenvalue weighted by Gasteiger charge is -2.16. The van der Waals surface area contributed by atoms with E-state index >= 15 is 0 Å². The highest BCUT2D eigenvalue weighted by molar-refractivity contribution is 5.67. The van der Waals surface area contributed by atoms with Crippen molar-refractivity contribution in [2.45, 2.75) is 25.5 Å². The molecule has 0 aliphatic rings. The van der Waals surface area contributed by atoms with Crippen LogP contribution in [0.2, 0.25) is 0 Å². The first-order valence-electron chi connectivity index (χ1n) is 8.18. The van der Waals surface area contributed by atoms with E-state index in [1.165, 1.54) is 0 Å². The van der Waals surface area contributed by atoms with Crippen LogP contribution < -0.4 is 5.32 Å². The number of rotatable bonds is 7. The quantitative estimate of drug-likeness (QED) is 0.826. The maximum absolute atomic E-state index is 11.9. The molecule has 0 saturated heterocycles. The van der Waals surface area contributed by atoms with Crippen LogP contribution in [0.3, 0.4) is 0 Å². The van der Waals surface area contributed by atoms with Gasteiger partial charge in [-0.15, -0.1) is 0 Å². The molecule has 116 valence electrons. The van der Waals surface area contributed by atoms with Gasteiger partial charge in [-0.3, -0.25) is 0 Å². The zero-order valence-corrected chi connectivity index (χ0v) is 12.2. The van der Waals surface area contributed by atoms with Gasteiger partial charge in [-0.25, -0.2) is 4.79 Å². The van der Waals surface area contributed by atoms with Crippen LogP contribution >= 0.6 is 0 Å². The molecule has 1 atom stereocenters. The zero-order chi connectivity index (χ0) is 17.4. The number of alkyl carbamates (subject to hydrolysis) is 1. The lowest BCUT2D eigenvalue weighted by atomic mass is 10.1. The first-order valence-corrected chi connectivity index (χ1v) is 7.18. The largest absolute Gasteiger partial charge is 0.445 e. The second-order valence-corrected chi connectivity index (χ2v) is 4.91. The molecule has 0 unspecified atom stereocenters. The lowest BCUT2D eigenvalue weighted by molar-refractivity contribution is 0.128. The van der Waals surface area contributed by atoms with Crippen molar-refractivity contribution in [2.75, 3.05) is 6.56 Å². The molecule has 0 bridgehead atoms. The molecular weight excluding hydrogens is 278 g/mol. The monoisotopic (exact) mass is 301 g/mol. The highest BCUT2D eigenvalue weighted by atomic mass is 16.5. The standard InChI is InChI=1S/C18H21NO3/c20-13-17(12-11-15-7-3-1-4-8-15)19-18(21)22-14-16-9-5-2-6-10-16/h1-10,17,20H,11-14H2,(H,19,21)/t17-/m0/s1/i13D2. The third kappa shape index (κ3) is 5.58. The molecule has 0 aliphatic heterocycles. The average molecular weight is 301 g/mol. The summed E-state index contributed by atoms with van der Waals surface area (Å²) in [4.78, 5) is 11.9. The topological polar surface area (TPSA) is 58.6 Å². The predicted octanol–water partition coefficient (Wildman–Crippen LogP) is 2.91. The number of hydrogen-bond acceptors (Lipinski definition) is 3. The molecule has 0 saturated carbocycles. The number of hydrogen-bond donors (Lipinski definition) is 2. The van der Waals surface area contributed by atoms with E-state index < -0.39 is 18.7 Å². The number of aryl methyl sites for hydroxylation is 1. The molecule has 0 aliphatic carbocycles. The Morgan fingerprint density at radius 3 is 2.27 bits per heavy atom. The summed E-state index contributed by atoms with van der Waals surface area (Å²) in [6.45, 7) is -2.44. The zero-order valence-electron chi connectivity index (χ0n) is 14.2. The van der Waals surface area contributed by atoms with Gasteiger partial charge in [0.1, 0.15) is 6.61 Å². The van der Waals surface area contributed by atoms with E-state index in [-0.39, 0.29) is 13.0 Å². The molecule has 1 amide bonds. The van der Waals surface area contributed by atoms with Gasteiger partial charge >= 0.3 is 6.09 Å². The summed E-state index contributed by atoms with van der Waals surface area (Å²) in [6, 6.07) is 17.6. The first-order chi connectivity index (χ1) is 11.4. The Morgan fingerprint density at radius 2 is 1.68 bits per heavy atom. The minimum atomic E-state index is -2.53. The predicted molar refractivity (Wildman–Crippen MR) is 85.4 cm³/mol. The molecule has 2 aromatic carbocycles. The summed E-state index contributed by atoms with van der Waals surface area (Å²) < 4.78 is 20.1. The van der Waals surface area contributed by atoms with Gasteiger partial charge < -0.3 is 15.2 Å². The average Bonchev–Trinajstić information content (AvgIpc) is 2.57. The Hall–Kier alpha value is -2.33. The number of amides is 1. The molecule has 0 fully saturated rings. The van der Waals surface area contributed by atoms with E-state index in [0.29, 0.717) is 6.42 Å². The number of benzene rings is 2. The van der Waals surface area contributed by atoms with Crippen molar-refractivity contribution in [3.8, 4) is 0 Å². The summed E-state index contributed by atoms with van der Waals surface area (Å²) in [7, 11) is 0. The highest BCUT2D eigenvalue weighted by Gasteiger charge is 2.12. The molecule has 0 radical (unpaired) electrons. The summed E-state index contributed by atoms with van der Waals surface area (Å²) in [5, 5.41) is 12.1. The van der Waals surface area contributed by atoms with Crippen LogP contribution in [-0.2, 0) is 17.8 Å². The first kappa shape index (κ1) is 13.3. The highest BCUT2D eigenvalue weighted by Crippen LogP contribution is 2.06. The van der Waals surface area contributed by atoms with Gasteiger partial charge in [-0.1, -0.05) is 60.7 Å². The van der Waals surface area contributed by atoms with Crippen molar-refractivity contribution >= 4 is 6.09 Å². The van der Waals surface area contributed by atoms with Gasteiger partial charge in [0.2, 0.25) is 0 Å². The van der Waals surface area contributed by atoms with E-state index in [4.69, 9.17) is 7.48 Å². The maximum atomic E-state index is 11.9. The second kappa shape index (κ2) is 8.85. The summed E-state index contributed by atoms with van der Waals surface area (Å²) >= 11 is 0. The lowest BCUT2D eigenvalue weighted by Crippen LogP contribution is -2.38. The number of carbonyl (C=O) groups excluding carboxylic acids is 1. The van der Waals surface area contributed by atoms with Gasteiger partial charge in [0.05, 0.1) is 15.3 Å². The molecular formula is C18H21NO3. The fourth-order valence-corrected chi connectivity index (χ4v) is 2.03. The van der Waals surface area contributed by atoms with Crippen LogP contribution in [-0.4, -0.2) is 23.8 Å². The van der Waals surface area contributed by atoms with Crippen molar-refractivity contribution in [2.24, 2.45) is 0 Å². The van der Waals surface area contributed by atoms with E-state index in [9.17, 15) is 9.90 Å². The SMILES string of the molecule is [2H]C([2H])(O)[C@H](CCc1ccccc1)NC(=O)OCc1ccccc1. The second-order valence-electron chi connectivity index (χ2n) is 4.91. The van der Waals surface area contributed by atoms with Gasteiger partial charge in [-0.05, 0) is 24.0 Å². The van der Waals surface area contributed by atoms with Crippen LogP contribution in [0, 0.1) is 0 Å². The summed E-state index contributed by atoms with van der Waals surface area (Å²) in [5.74, 6) is 0. The Balaban J connectivity index is 1.87. The van der Waals surface area contributed by atoms with E-state index in [1.54, 1.807) is 0 Å². The maximum Gasteiger partial charge on any atom is 0.407 e. The number of aliphatic hydroxyl groups is 1. The molecule has 4 nitrogen and oxygen atoms in total. The van der Waals surface area contributed by atoms with E-state index in [1.807, 2.05) is 60.7 Å². The third-order valence-corrected chi connectivity index (χ3v) is 3.23. The van der Waals surface area contributed by atoms with Gasteiger partial charge in [0, 0.05) is 0 Å². The molecule has 0 aromatic heterocycles. The smallest absolute Gasteiger partial charge is 0.407 e. The van der Waals surface area contributed by atoms with E-state index in [2.05, 4.69) is 5.32 Å². The Morgan fingerprint density at radius 1 is 1.09 bits per heavy atom. The van der Waals surface area contributed by atoms with Crippen molar-refractivity contribution in [3.05, 3.63) is 71.8 Å². The summed E-state index contributed by atoms with van der Waals surface area (Å²) in [5.41, 5.74) is 1.84. The van der Waals surface area contributed by atoms with Crippen molar-refractivity contribution < 1.29 is 17.4 Å². The van der Waals surface area contributed by atoms with Gasteiger partial charge in [0.15, 0.2) is 0 Å². The van der Waals surface area contributed by atoms with E-state index in [0.717, 1.165) is 11.1 Å². The van der Waals surface area contributed by atoms with Crippen molar-refractivity contribution in [1.82, 2.24) is 5.32 Å². The molecule has 22 heavy (non-hydrogen) atoms. The fourth-order valence-electron chi connectivity index (χ4n) is 2.03. The number of carbonyl (C=O) groups is 1. The Kier molecular flexibility index (Phi) is 5.36. The normalized spacial score (nSPS) is 13.7. The van der Waals surface area contributed by atoms with Crippen molar-refractivity contribution in [3.63, 3.8) is 0 Å². The molecule has 2 rings (SSSR count).